The summed E-state index contributed by atoms with van der Waals surface area (Å²) in [5.74, 6) is 0.774. The lowest BCUT2D eigenvalue weighted by atomic mass is 10.1. The van der Waals surface area contributed by atoms with E-state index in [1.165, 1.54) is 23.1 Å². The Kier molecular flexibility index (Phi) is 8.31. The topological polar surface area (TPSA) is 104 Å². The molecule has 9 heteroatoms. The third-order valence-corrected chi connectivity index (χ3v) is 7.83. The molecule has 2 atom stereocenters. The third kappa shape index (κ3) is 6.23. The van der Waals surface area contributed by atoms with E-state index in [0.717, 1.165) is 27.3 Å². The molecule has 0 bridgehead atoms. The lowest BCUT2D eigenvalue weighted by molar-refractivity contribution is -0.120. The van der Waals surface area contributed by atoms with Crippen LogP contribution in [0.5, 0.6) is 0 Å². The fourth-order valence-electron chi connectivity index (χ4n) is 3.21. The Bertz CT molecular complexity index is 1220. The van der Waals surface area contributed by atoms with Crippen LogP contribution in [0.15, 0.2) is 29.1 Å². The van der Waals surface area contributed by atoms with Crippen LogP contribution in [-0.4, -0.2) is 33.1 Å². The Labute approximate surface area is 201 Å². The summed E-state index contributed by atoms with van der Waals surface area (Å²) < 4.78 is 0. The molecule has 2 amide bonds. The number of nitrogens with one attached hydrogen (secondary N) is 3. The maximum absolute atomic E-state index is 12.6. The van der Waals surface area contributed by atoms with Gasteiger partial charge in [0.15, 0.2) is 0 Å². The quantitative estimate of drug-likeness (QED) is 0.423. The Morgan fingerprint density at radius 1 is 1.24 bits per heavy atom. The van der Waals surface area contributed by atoms with Crippen molar-refractivity contribution in [3.8, 4) is 0 Å². The van der Waals surface area contributed by atoms with Gasteiger partial charge in [0.25, 0.3) is 11.5 Å². The molecule has 3 aromatic rings. The van der Waals surface area contributed by atoms with Gasteiger partial charge in [0, 0.05) is 23.0 Å². The molecule has 176 valence electrons. The van der Waals surface area contributed by atoms with Crippen molar-refractivity contribution in [1.82, 2.24) is 20.6 Å². The highest BCUT2D eigenvalue weighted by Crippen LogP contribution is 2.26. The van der Waals surface area contributed by atoms with Gasteiger partial charge >= 0.3 is 0 Å². The molecular weight excluding hydrogens is 456 g/mol. The van der Waals surface area contributed by atoms with Crippen LogP contribution in [0.1, 0.15) is 59.4 Å². The summed E-state index contributed by atoms with van der Waals surface area (Å²) >= 11 is 2.93. The molecule has 0 radical (unpaired) electrons. The number of H-pyrrole nitrogens is 1. The zero-order valence-corrected chi connectivity index (χ0v) is 21.2. The van der Waals surface area contributed by atoms with Gasteiger partial charge in [-0.2, -0.15) is 0 Å². The second-order valence-corrected chi connectivity index (χ2v) is 10.7. The number of hydrogen-bond donors (Lipinski definition) is 3. The number of fused-ring (bicyclic) bond motifs is 1. The number of thiophene rings is 1. The smallest absolute Gasteiger partial charge is 0.259 e. The second kappa shape index (κ2) is 11.0. The second-order valence-electron chi connectivity index (χ2n) is 8.13. The first kappa shape index (κ1) is 25.0. The number of aromatic amines is 1. The monoisotopic (exact) mass is 486 g/mol. The largest absolute Gasteiger partial charge is 0.351 e. The van der Waals surface area contributed by atoms with Gasteiger partial charge in [-0.25, -0.2) is 4.98 Å². The molecule has 0 aliphatic carbocycles. The number of rotatable bonds is 9. The van der Waals surface area contributed by atoms with Crippen LogP contribution in [0, 0.1) is 13.8 Å². The van der Waals surface area contributed by atoms with Gasteiger partial charge in [0.2, 0.25) is 5.91 Å². The number of amides is 2. The Morgan fingerprint density at radius 3 is 2.73 bits per heavy atom. The standard InChI is InChI=1S/C24H30N4O3S2/c1-6-13(2)26-22(30)18-9-7-8-17(10-18)11-25-21(29)16(5)32-12-19-27-23(31)20-14(3)15(4)33-24(20)28-19/h7-10,13,16H,6,11-12H2,1-5H3,(H,25,29)(H,26,30)(H,27,28,31). The van der Waals surface area contributed by atoms with E-state index in [0.29, 0.717) is 29.1 Å². The molecular formula is C24H30N4O3S2. The molecule has 2 unspecified atom stereocenters. The molecule has 2 heterocycles. The minimum Gasteiger partial charge on any atom is -0.351 e. The maximum atomic E-state index is 12.6. The van der Waals surface area contributed by atoms with E-state index < -0.39 is 0 Å². The van der Waals surface area contributed by atoms with Crippen molar-refractivity contribution < 1.29 is 9.59 Å². The van der Waals surface area contributed by atoms with E-state index in [4.69, 9.17) is 0 Å². The molecule has 1 aromatic carbocycles. The van der Waals surface area contributed by atoms with Gasteiger partial charge in [-0.3, -0.25) is 14.4 Å². The zero-order chi connectivity index (χ0) is 24.1. The molecule has 0 aliphatic rings. The number of thioether (sulfide) groups is 1. The summed E-state index contributed by atoms with van der Waals surface area (Å²) in [5.41, 5.74) is 2.27. The number of carbonyl (C=O) groups excluding carboxylic acids is 2. The summed E-state index contributed by atoms with van der Waals surface area (Å²) in [7, 11) is 0. The van der Waals surface area contributed by atoms with Gasteiger partial charge in [0.1, 0.15) is 10.7 Å². The van der Waals surface area contributed by atoms with Crippen LogP contribution in [0.3, 0.4) is 0 Å². The van der Waals surface area contributed by atoms with Crippen molar-refractivity contribution in [3.63, 3.8) is 0 Å². The van der Waals surface area contributed by atoms with Gasteiger partial charge in [-0.15, -0.1) is 23.1 Å². The fraction of sp³-hybridized carbons (Fsp3) is 0.417. The van der Waals surface area contributed by atoms with Crippen molar-refractivity contribution in [2.75, 3.05) is 0 Å². The summed E-state index contributed by atoms with van der Waals surface area (Å²) in [6.07, 6.45) is 0.862. The average Bonchev–Trinajstić information content (AvgIpc) is 3.09. The first-order valence-corrected chi connectivity index (χ1v) is 12.8. The predicted octanol–water partition coefficient (Wildman–Crippen LogP) is 4.07. The number of hydrogen-bond acceptors (Lipinski definition) is 6. The molecule has 0 saturated carbocycles. The summed E-state index contributed by atoms with van der Waals surface area (Å²) in [6.45, 7) is 10.1. The number of aromatic nitrogens is 2. The number of aryl methyl sites for hydroxylation is 2. The van der Waals surface area contributed by atoms with Gasteiger partial charge in [-0.05, 0) is 57.4 Å². The highest BCUT2D eigenvalue weighted by molar-refractivity contribution is 7.99. The van der Waals surface area contributed by atoms with Gasteiger partial charge in [0.05, 0.1) is 16.4 Å². The summed E-state index contributed by atoms with van der Waals surface area (Å²) in [4.78, 5) is 46.5. The molecule has 2 aromatic heterocycles. The van der Waals surface area contributed by atoms with Crippen molar-refractivity contribution >= 4 is 45.1 Å². The molecule has 33 heavy (non-hydrogen) atoms. The predicted molar refractivity (Wildman–Crippen MR) is 136 cm³/mol. The highest BCUT2D eigenvalue weighted by Gasteiger charge is 2.16. The molecule has 7 nitrogen and oxygen atoms in total. The maximum Gasteiger partial charge on any atom is 0.259 e. The van der Waals surface area contributed by atoms with E-state index in [9.17, 15) is 14.4 Å². The molecule has 0 spiro atoms. The van der Waals surface area contributed by atoms with Crippen LogP contribution >= 0.6 is 23.1 Å². The van der Waals surface area contributed by atoms with Crippen LogP contribution < -0.4 is 16.2 Å². The molecule has 0 saturated heterocycles. The van der Waals surface area contributed by atoms with Gasteiger partial charge < -0.3 is 15.6 Å². The van der Waals surface area contributed by atoms with E-state index in [1.807, 2.05) is 46.8 Å². The van der Waals surface area contributed by atoms with E-state index in [1.54, 1.807) is 12.1 Å². The molecule has 0 aliphatic heterocycles. The SMILES string of the molecule is CCC(C)NC(=O)c1cccc(CNC(=O)C(C)SCc2nc3sc(C)c(C)c3c(=O)[nH]2)c1. The van der Waals surface area contributed by atoms with E-state index >= 15 is 0 Å². The molecule has 3 N–H and O–H groups in total. The fourth-order valence-corrected chi connectivity index (χ4v) is 5.04. The summed E-state index contributed by atoms with van der Waals surface area (Å²) in [6, 6.07) is 7.37. The lowest BCUT2D eigenvalue weighted by Gasteiger charge is -2.13. The minimum atomic E-state index is -0.324. The first-order chi connectivity index (χ1) is 15.7. The normalized spacial score (nSPS) is 13.0. The minimum absolute atomic E-state index is 0.108. The van der Waals surface area contributed by atoms with Crippen molar-refractivity contribution in [2.45, 2.75) is 64.6 Å². The Balaban J connectivity index is 1.55. The Hall–Kier alpha value is -2.65. The highest BCUT2D eigenvalue weighted by atomic mass is 32.2. The van der Waals surface area contributed by atoms with Crippen molar-refractivity contribution in [2.24, 2.45) is 0 Å². The Morgan fingerprint density at radius 2 is 2.00 bits per heavy atom. The van der Waals surface area contributed by atoms with Crippen molar-refractivity contribution in [3.05, 3.63) is 62.0 Å². The number of carbonyl (C=O) groups is 2. The number of benzene rings is 1. The van der Waals surface area contributed by atoms with Crippen LogP contribution in [0.4, 0.5) is 0 Å². The average molecular weight is 487 g/mol. The third-order valence-electron chi connectivity index (χ3n) is 5.57. The first-order valence-electron chi connectivity index (χ1n) is 11.0. The number of nitrogens with zero attached hydrogens (tertiary/aromatic N) is 1. The molecule has 3 rings (SSSR count). The summed E-state index contributed by atoms with van der Waals surface area (Å²) in [5, 5.41) is 6.20. The van der Waals surface area contributed by atoms with E-state index in [2.05, 4.69) is 20.6 Å². The lowest BCUT2D eigenvalue weighted by Crippen LogP contribution is -2.32. The van der Waals surface area contributed by atoms with Crippen LogP contribution in [-0.2, 0) is 17.1 Å². The molecule has 0 fully saturated rings. The van der Waals surface area contributed by atoms with Crippen LogP contribution in [0.2, 0.25) is 0 Å². The van der Waals surface area contributed by atoms with Crippen LogP contribution in [0.25, 0.3) is 10.2 Å². The van der Waals surface area contributed by atoms with Gasteiger partial charge in [-0.1, -0.05) is 19.1 Å². The van der Waals surface area contributed by atoms with Crippen molar-refractivity contribution in [1.29, 1.82) is 0 Å². The zero-order valence-electron chi connectivity index (χ0n) is 19.6. The van der Waals surface area contributed by atoms with E-state index in [-0.39, 0.29) is 28.7 Å².